The molecular weight excluding hydrogens is 240 g/mol. The first-order valence-electron chi connectivity index (χ1n) is 7.21. The Morgan fingerprint density at radius 2 is 2.26 bits per heavy atom. The third-order valence-corrected chi connectivity index (χ3v) is 4.47. The lowest BCUT2D eigenvalue weighted by Gasteiger charge is -2.26. The molecule has 2 fully saturated rings. The zero-order valence-corrected chi connectivity index (χ0v) is 12.2. The number of alkyl carbamates (subject to hydrolysis) is 1. The molecule has 0 aromatic carbocycles. The highest BCUT2D eigenvalue weighted by Crippen LogP contribution is 2.56. The molecule has 4 heteroatoms. The maximum atomic E-state index is 11.8. The van der Waals surface area contributed by atoms with Crippen molar-refractivity contribution in [3.63, 3.8) is 0 Å². The van der Waals surface area contributed by atoms with Gasteiger partial charge in [-0.05, 0) is 57.8 Å². The van der Waals surface area contributed by atoms with Crippen molar-refractivity contribution >= 4 is 6.09 Å². The van der Waals surface area contributed by atoms with Gasteiger partial charge >= 0.3 is 6.09 Å². The number of hydrogen-bond donors (Lipinski definition) is 1. The van der Waals surface area contributed by atoms with Crippen molar-refractivity contribution in [3.05, 3.63) is 0 Å². The number of nitrogens with zero attached hydrogens (tertiary/aromatic N) is 1. The molecule has 0 heterocycles. The van der Waals surface area contributed by atoms with Gasteiger partial charge in [-0.3, -0.25) is 0 Å². The van der Waals surface area contributed by atoms with Gasteiger partial charge in [-0.2, -0.15) is 5.26 Å². The molecule has 2 rings (SSSR count). The van der Waals surface area contributed by atoms with E-state index in [2.05, 4.69) is 11.4 Å². The maximum absolute atomic E-state index is 11.8. The molecule has 0 bridgehead atoms. The Kier molecular flexibility index (Phi) is 3.75. The number of hydrogen-bond acceptors (Lipinski definition) is 3. The molecule has 3 unspecified atom stereocenters. The zero-order chi connectivity index (χ0) is 14.1. The van der Waals surface area contributed by atoms with Crippen molar-refractivity contribution in [1.29, 1.82) is 5.26 Å². The minimum Gasteiger partial charge on any atom is -0.444 e. The predicted molar refractivity (Wildman–Crippen MR) is 72.4 cm³/mol. The highest BCUT2D eigenvalue weighted by atomic mass is 16.6. The average molecular weight is 264 g/mol. The topological polar surface area (TPSA) is 62.1 Å². The van der Waals surface area contributed by atoms with Crippen LogP contribution < -0.4 is 5.32 Å². The summed E-state index contributed by atoms with van der Waals surface area (Å²) in [5, 5.41) is 12.0. The van der Waals surface area contributed by atoms with Gasteiger partial charge in [-0.25, -0.2) is 4.79 Å². The van der Waals surface area contributed by atoms with Gasteiger partial charge in [0.2, 0.25) is 0 Å². The third kappa shape index (κ3) is 3.20. The minimum absolute atomic E-state index is 0.161. The quantitative estimate of drug-likeness (QED) is 0.831. The molecule has 0 aromatic heterocycles. The number of nitrogens with one attached hydrogen (secondary N) is 1. The van der Waals surface area contributed by atoms with Crippen molar-refractivity contribution in [2.75, 3.05) is 0 Å². The third-order valence-electron chi connectivity index (χ3n) is 4.47. The van der Waals surface area contributed by atoms with E-state index in [1.165, 1.54) is 12.8 Å². The van der Waals surface area contributed by atoms with Crippen molar-refractivity contribution in [2.45, 2.75) is 70.9 Å². The van der Waals surface area contributed by atoms with E-state index >= 15 is 0 Å². The molecule has 1 N–H and O–H groups in total. The van der Waals surface area contributed by atoms with Gasteiger partial charge in [0.1, 0.15) is 5.60 Å². The van der Waals surface area contributed by atoms with Gasteiger partial charge in [0.05, 0.1) is 6.07 Å². The molecule has 4 nitrogen and oxygen atoms in total. The normalized spacial score (nSPS) is 33.6. The largest absolute Gasteiger partial charge is 0.444 e. The Morgan fingerprint density at radius 3 is 2.89 bits per heavy atom. The SMILES string of the molecule is CC(C)(C)OC(=O)NC1CC2CCCC2(CC#N)C1. The molecule has 0 spiro atoms. The number of fused-ring (bicyclic) bond motifs is 1. The second-order valence-corrected chi connectivity index (χ2v) is 7.07. The van der Waals surface area contributed by atoms with Gasteiger partial charge < -0.3 is 10.1 Å². The summed E-state index contributed by atoms with van der Waals surface area (Å²) in [5.41, 5.74) is -0.294. The molecule has 0 saturated heterocycles. The lowest BCUT2D eigenvalue weighted by molar-refractivity contribution is 0.0502. The second kappa shape index (κ2) is 5.03. The van der Waals surface area contributed by atoms with Crippen LogP contribution in [0.3, 0.4) is 0 Å². The molecule has 2 saturated carbocycles. The number of carbonyl (C=O) groups excluding carboxylic acids is 1. The molecule has 2 aliphatic carbocycles. The monoisotopic (exact) mass is 264 g/mol. The summed E-state index contributed by atoms with van der Waals surface area (Å²) in [4.78, 5) is 11.8. The molecule has 3 atom stereocenters. The van der Waals surface area contributed by atoms with E-state index in [1.54, 1.807) is 0 Å². The highest BCUT2D eigenvalue weighted by molar-refractivity contribution is 5.68. The summed E-state index contributed by atoms with van der Waals surface area (Å²) in [6.07, 6.45) is 5.80. The molecule has 0 aliphatic heterocycles. The average Bonchev–Trinajstić information content (AvgIpc) is 2.70. The summed E-state index contributed by atoms with van der Waals surface area (Å²) in [7, 11) is 0. The Hall–Kier alpha value is -1.24. The van der Waals surface area contributed by atoms with E-state index in [1.807, 2.05) is 20.8 Å². The summed E-state index contributed by atoms with van der Waals surface area (Å²) < 4.78 is 5.30. The second-order valence-electron chi connectivity index (χ2n) is 7.07. The molecular formula is C15H24N2O2. The van der Waals surface area contributed by atoms with E-state index in [0.29, 0.717) is 12.3 Å². The predicted octanol–water partition coefficient (Wildman–Crippen LogP) is 3.37. The van der Waals surface area contributed by atoms with Crippen LogP contribution in [-0.2, 0) is 4.74 Å². The van der Waals surface area contributed by atoms with Crippen LogP contribution in [0, 0.1) is 22.7 Å². The fourth-order valence-electron chi connectivity index (χ4n) is 3.81. The number of rotatable bonds is 2. The number of carbonyl (C=O) groups is 1. The first-order chi connectivity index (χ1) is 8.85. The molecule has 19 heavy (non-hydrogen) atoms. The standard InChI is InChI=1S/C15H24N2O2/c1-14(2,3)19-13(18)17-12-9-11-5-4-6-15(11,10-12)7-8-16/h11-12H,4-7,9-10H2,1-3H3,(H,17,18). The molecule has 1 amide bonds. The van der Waals surface area contributed by atoms with E-state index in [0.717, 1.165) is 19.3 Å². The molecule has 2 aliphatic rings. The Balaban J connectivity index is 1.92. The fourth-order valence-corrected chi connectivity index (χ4v) is 3.81. The van der Waals surface area contributed by atoms with Crippen LogP contribution in [0.5, 0.6) is 0 Å². The lowest BCUT2D eigenvalue weighted by Crippen LogP contribution is -2.38. The first kappa shape index (κ1) is 14.2. The number of amides is 1. The molecule has 0 aromatic rings. The van der Waals surface area contributed by atoms with Crippen LogP contribution in [0.1, 0.15) is 59.3 Å². The first-order valence-corrected chi connectivity index (χ1v) is 7.21. The Labute approximate surface area is 115 Å². The summed E-state index contributed by atoms with van der Waals surface area (Å²) in [6.45, 7) is 5.60. The van der Waals surface area contributed by atoms with E-state index in [-0.39, 0.29) is 17.6 Å². The van der Waals surface area contributed by atoms with E-state index in [9.17, 15) is 4.79 Å². The van der Waals surface area contributed by atoms with Crippen LogP contribution in [0.2, 0.25) is 0 Å². The summed E-state index contributed by atoms with van der Waals surface area (Å²) in [5.74, 6) is 0.604. The van der Waals surface area contributed by atoms with Crippen molar-refractivity contribution in [2.24, 2.45) is 11.3 Å². The van der Waals surface area contributed by atoms with Crippen LogP contribution >= 0.6 is 0 Å². The number of nitriles is 1. The van der Waals surface area contributed by atoms with Crippen LogP contribution in [0.15, 0.2) is 0 Å². The zero-order valence-electron chi connectivity index (χ0n) is 12.2. The van der Waals surface area contributed by atoms with Crippen LogP contribution in [0.25, 0.3) is 0 Å². The lowest BCUT2D eigenvalue weighted by atomic mass is 9.78. The van der Waals surface area contributed by atoms with Gasteiger partial charge in [-0.1, -0.05) is 6.42 Å². The van der Waals surface area contributed by atoms with Gasteiger partial charge in [0.25, 0.3) is 0 Å². The van der Waals surface area contributed by atoms with Crippen LogP contribution in [-0.4, -0.2) is 17.7 Å². The fraction of sp³-hybridized carbons (Fsp3) is 0.867. The maximum Gasteiger partial charge on any atom is 0.407 e. The Morgan fingerprint density at radius 1 is 1.53 bits per heavy atom. The minimum atomic E-state index is -0.455. The molecule has 106 valence electrons. The van der Waals surface area contributed by atoms with Crippen LogP contribution in [0.4, 0.5) is 4.79 Å². The highest BCUT2D eigenvalue weighted by Gasteiger charge is 2.50. The summed E-state index contributed by atoms with van der Waals surface area (Å²) >= 11 is 0. The van der Waals surface area contributed by atoms with Gasteiger partial charge in [0.15, 0.2) is 0 Å². The smallest absolute Gasteiger partial charge is 0.407 e. The van der Waals surface area contributed by atoms with Gasteiger partial charge in [0, 0.05) is 12.5 Å². The molecule has 0 radical (unpaired) electrons. The van der Waals surface area contributed by atoms with Crippen molar-refractivity contribution in [3.8, 4) is 6.07 Å². The number of ether oxygens (including phenoxy) is 1. The van der Waals surface area contributed by atoms with Crippen molar-refractivity contribution < 1.29 is 9.53 Å². The van der Waals surface area contributed by atoms with Gasteiger partial charge in [-0.15, -0.1) is 0 Å². The van der Waals surface area contributed by atoms with E-state index < -0.39 is 5.60 Å². The van der Waals surface area contributed by atoms with Crippen molar-refractivity contribution in [1.82, 2.24) is 5.32 Å². The summed E-state index contributed by atoms with van der Waals surface area (Å²) in [6, 6.07) is 2.51. The Bertz CT molecular complexity index is 394. The van der Waals surface area contributed by atoms with E-state index in [4.69, 9.17) is 10.00 Å².